The van der Waals surface area contributed by atoms with Gasteiger partial charge in [-0.25, -0.2) is 0 Å². The van der Waals surface area contributed by atoms with Crippen molar-refractivity contribution in [1.82, 2.24) is 5.32 Å². The van der Waals surface area contributed by atoms with E-state index in [1.54, 1.807) is 12.1 Å². The van der Waals surface area contributed by atoms with Crippen molar-refractivity contribution in [3.05, 3.63) is 28.8 Å². The summed E-state index contributed by atoms with van der Waals surface area (Å²) in [6.45, 7) is 2.58. The minimum atomic E-state index is -0.648. The molecule has 3 N–H and O–H groups in total. The first-order valence-electron chi connectivity index (χ1n) is 7.48. The Kier molecular flexibility index (Phi) is 5.62. The predicted molar refractivity (Wildman–Crippen MR) is 85.7 cm³/mol. The molecule has 1 aliphatic rings. The Labute approximate surface area is 130 Å². The van der Waals surface area contributed by atoms with Crippen molar-refractivity contribution in [2.75, 3.05) is 18.4 Å². The number of halogens is 1. The van der Waals surface area contributed by atoms with Crippen molar-refractivity contribution in [2.24, 2.45) is 0 Å². The lowest BCUT2D eigenvalue weighted by Gasteiger charge is -2.32. The topological polar surface area (TPSA) is 61.4 Å². The van der Waals surface area contributed by atoms with Gasteiger partial charge in [0.1, 0.15) is 0 Å². The van der Waals surface area contributed by atoms with E-state index in [9.17, 15) is 9.90 Å². The highest BCUT2D eigenvalue weighted by atomic mass is 35.5. The van der Waals surface area contributed by atoms with Crippen molar-refractivity contribution in [3.63, 3.8) is 0 Å². The summed E-state index contributed by atoms with van der Waals surface area (Å²) in [5, 5.41) is 16.8. The summed E-state index contributed by atoms with van der Waals surface area (Å²) < 4.78 is 0. The molecule has 1 aliphatic carbocycles. The van der Waals surface area contributed by atoms with E-state index in [2.05, 4.69) is 10.6 Å². The summed E-state index contributed by atoms with van der Waals surface area (Å²) in [6, 6.07) is 5.41. The van der Waals surface area contributed by atoms with Crippen LogP contribution in [0.2, 0.25) is 5.02 Å². The minimum Gasteiger partial charge on any atom is -0.389 e. The summed E-state index contributed by atoms with van der Waals surface area (Å²) in [6.07, 6.45) is 4.94. The van der Waals surface area contributed by atoms with Gasteiger partial charge in [0.15, 0.2) is 0 Å². The molecule has 1 fully saturated rings. The molecule has 0 aliphatic heterocycles. The first kappa shape index (κ1) is 16.3. The Morgan fingerprint density at radius 2 is 2.05 bits per heavy atom. The molecule has 2 rings (SSSR count). The number of hydrogen-bond donors (Lipinski definition) is 3. The highest BCUT2D eigenvalue weighted by Crippen LogP contribution is 2.27. The Morgan fingerprint density at radius 3 is 2.76 bits per heavy atom. The Hall–Kier alpha value is -1.10. The SMILES string of the molecule is Cc1ccc(Cl)cc1NC(=O)CNCC1(O)CCCCC1. The van der Waals surface area contributed by atoms with E-state index in [1.807, 2.05) is 13.0 Å². The van der Waals surface area contributed by atoms with Crippen molar-refractivity contribution in [1.29, 1.82) is 0 Å². The number of benzene rings is 1. The van der Waals surface area contributed by atoms with Crippen LogP contribution in [0, 0.1) is 6.92 Å². The summed E-state index contributed by atoms with van der Waals surface area (Å²) >= 11 is 5.92. The molecule has 1 saturated carbocycles. The molecule has 0 saturated heterocycles. The highest BCUT2D eigenvalue weighted by molar-refractivity contribution is 6.31. The van der Waals surface area contributed by atoms with Gasteiger partial charge in [0.2, 0.25) is 5.91 Å². The van der Waals surface area contributed by atoms with Gasteiger partial charge in [-0.05, 0) is 37.5 Å². The lowest BCUT2D eigenvalue weighted by atomic mass is 9.85. The van der Waals surface area contributed by atoms with E-state index in [-0.39, 0.29) is 12.5 Å². The molecular weight excluding hydrogens is 288 g/mol. The Balaban J connectivity index is 1.78. The normalized spacial score (nSPS) is 17.5. The van der Waals surface area contributed by atoms with E-state index >= 15 is 0 Å². The van der Waals surface area contributed by atoms with Crippen LogP contribution in [0.1, 0.15) is 37.7 Å². The summed E-state index contributed by atoms with van der Waals surface area (Å²) in [7, 11) is 0. The number of aliphatic hydroxyl groups is 1. The molecule has 1 aromatic carbocycles. The summed E-state index contributed by atoms with van der Waals surface area (Å²) in [5.41, 5.74) is 1.05. The van der Waals surface area contributed by atoms with Crippen molar-refractivity contribution < 1.29 is 9.90 Å². The average Bonchev–Trinajstić information content (AvgIpc) is 2.43. The number of rotatable bonds is 5. The molecule has 0 atom stereocenters. The first-order valence-corrected chi connectivity index (χ1v) is 7.85. The zero-order valence-corrected chi connectivity index (χ0v) is 13.2. The van der Waals surface area contributed by atoms with Crippen LogP contribution < -0.4 is 10.6 Å². The lowest BCUT2D eigenvalue weighted by molar-refractivity contribution is -0.115. The molecule has 0 aromatic heterocycles. The van der Waals surface area contributed by atoms with Crippen molar-refractivity contribution in [2.45, 2.75) is 44.6 Å². The fourth-order valence-electron chi connectivity index (χ4n) is 2.72. The average molecular weight is 311 g/mol. The fraction of sp³-hybridized carbons (Fsp3) is 0.562. The van der Waals surface area contributed by atoms with Gasteiger partial charge in [0.25, 0.3) is 0 Å². The lowest BCUT2D eigenvalue weighted by Crippen LogP contribution is -2.44. The smallest absolute Gasteiger partial charge is 0.238 e. The van der Waals surface area contributed by atoms with Crippen LogP contribution in [0.3, 0.4) is 0 Å². The predicted octanol–water partition coefficient (Wildman–Crippen LogP) is 2.87. The zero-order chi connectivity index (χ0) is 15.3. The molecule has 0 unspecified atom stereocenters. The van der Waals surface area contributed by atoms with Gasteiger partial charge in [-0.3, -0.25) is 4.79 Å². The third kappa shape index (κ3) is 4.99. The Bertz CT molecular complexity index is 499. The minimum absolute atomic E-state index is 0.125. The second-order valence-electron chi connectivity index (χ2n) is 5.90. The molecule has 4 nitrogen and oxygen atoms in total. The number of hydrogen-bond acceptors (Lipinski definition) is 3. The van der Waals surface area contributed by atoms with E-state index in [0.717, 1.165) is 36.9 Å². The number of nitrogens with one attached hydrogen (secondary N) is 2. The molecule has 0 bridgehead atoms. The number of aryl methyl sites for hydroxylation is 1. The molecular formula is C16H23ClN2O2. The maximum absolute atomic E-state index is 11.9. The molecule has 0 radical (unpaired) electrons. The number of anilines is 1. The van der Waals surface area contributed by atoms with Gasteiger partial charge in [0, 0.05) is 17.3 Å². The van der Waals surface area contributed by atoms with Crippen molar-refractivity contribution in [3.8, 4) is 0 Å². The quantitative estimate of drug-likeness (QED) is 0.783. The van der Waals surface area contributed by atoms with E-state index < -0.39 is 5.60 Å². The maximum atomic E-state index is 11.9. The summed E-state index contributed by atoms with van der Waals surface area (Å²) in [4.78, 5) is 11.9. The zero-order valence-electron chi connectivity index (χ0n) is 12.4. The highest BCUT2D eigenvalue weighted by Gasteiger charge is 2.28. The van der Waals surface area contributed by atoms with Crippen LogP contribution in [-0.2, 0) is 4.79 Å². The largest absolute Gasteiger partial charge is 0.389 e. The fourth-order valence-corrected chi connectivity index (χ4v) is 2.89. The molecule has 116 valence electrons. The van der Waals surface area contributed by atoms with Gasteiger partial charge in [-0.15, -0.1) is 0 Å². The van der Waals surface area contributed by atoms with Crippen molar-refractivity contribution >= 4 is 23.2 Å². The number of amides is 1. The second kappa shape index (κ2) is 7.25. The Morgan fingerprint density at radius 1 is 1.33 bits per heavy atom. The standard InChI is InChI=1S/C16H23ClN2O2/c1-12-5-6-13(17)9-14(12)19-15(20)10-18-11-16(21)7-3-2-4-8-16/h5-6,9,18,21H,2-4,7-8,10-11H2,1H3,(H,19,20). The second-order valence-corrected chi connectivity index (χ2v) is 6.33. The number of carbonyl (C=O) groups excluding carboxylic acids is 1. The van der Waals surface area contributed by atoms with Crippen LogP contribution in [-0.4, -0.2) is 29.7 Å². The third-order valence-corrected chi connectivity index (χ3v) is 4.23. The van der Waals surface area contributed by atoms with Crippen LogP contribution in [0.25, 0.3) is 0 Å². The van der Waals surface area contributed by atoms with Gasteiger partial charge < -0.3 is 15.7 Å². The molecule has 0 spiro atoms. The first-order chi connectivity index (χ1) is 9.98. The molecule has 1 amide bonds. The van der Waals surface area contributed by atoms with E-state index in [4.69, 9.17) is 11.6 Å². The number of carbonyl (C=O) groups is 1. The van der Waals surface area contributed by atoms with Crippen LogP contribution >= 0.6 is 11.6 Å². The third-order valence-electron chi connectivity index (χ3n) is 4.00. The monoisotopic (exact) mass is 310 g/mol. The van der Waals surface area contributed by atoms with Gasteiger partial charge >= 0.3 is 0 Å². The van der Waals surface area contributed by atoms with Crippen LogP contribution in [0.5, 0.6) is 0 Å². The summed E-state index contributed by atoms with van der Waals surface area (Å²) in [5.74, 6) is -0.125. The van der Waals surface area contributed by atoms with Crippen LogP contribution in [0.15, 0.2) is 18.2 Å². The van der Waals surface area contributed by atoms with Crippen LogP contribution in [0.4, 0.5) is 5.69 Å². The molecule has 0 heterocycles. The molecule has 1 aromatic rings. The van der Waals surface area contributed by atoms with E-state index in [1.165, 1.54) is 6.42 Å². The maximum Gasteiger partial charge on any atom is 0.238 e. The van der Waals surface area contributed by atoms with Gasteiger partial charge in [-0.1, -0.05) is 36.9 Å². The van der Waals surface area contributed by atoms with Gasteiger partial charge in [0.05, 0.1) is 12.1 Å². The van der Waals surface area contributed by atoms with E-state index in [0.29, 0.717) is 11.6 Å². The molecule has 5 heteroatoms. The van der Waals surface area contributed by atoms with Gasteiger partial charge in [-0.2, -0.15) is 0 Å². The molecule has 21 heavy (non-hydrogen) atoms.